The molecule has 0 bridgehead atoms. The average Bonchev–Trinajstić information content (AvgIpc) is 3.45. The Kier molecular flexibility index (Phi) is 5.05. The molecule has 0 unspecified atom stereocenters. The van der Waals surface area contributed by atoms with Gasteiger partial charge in [-0.3, -0.25) is 0 Å². The molecule has 7 nitrogen and oxygen atoms in total. The number of ether oxygens (including phenoxy) is 1. The third-order valence-corrected chi connectivity index (χ3v) is 8.06. The molecule has 4 aliphatic rings. The maximum atomic E-state index is 9.61. The monoisotopic (exact) mass is 452 g/mol. The zero-order valence-corrected chi connectivity index (χ0v) is 18.9. The van der Waals surface area contributed by atoms with Gasteiger partial charge < -0.3 is 25.3 Å². The number of hydrogen-bond donors (Lipinski definition) is 3. The Labute approximate surface area is 193 Å². The van der Waals surface area contributed by atoms with E-state index < -0.39 is 0 Å². The van der Waals surface area contributed by atoms with E-state index in [-0.39, 0.29) is 0 Å². The smallest absolute Gasteiger partial charge is 0.206 e. The van der Waals surface area contributed by atoms with Crippen LogP contribution in [-0.2, 0) is 4.74 Å². The number of piperidine rings is 1. The van der Waals surface area contributed by atoms with Gasteiger partial charge in [-0.05, 0) is 75.2 Å². The van der Waals surface area contributed by atoms with Gasteiger partial charge >= 0.3 is 0 Å². The lowest BCUT2D eigenvalue weighted by Gasteiger charge is -2.57. The Bertz CT molecular complexity index is 1040. The highest BCUT2D eigenvalue weighted by molar-refractivity contribution is 6.34. The van der Waals surface area contributed by atoms with Gasteiger partial charge in [-0.1, -0.05) is 11.6 Å². The summed E-state index contributed by atoms with van der Waals surface area (Å²) in [5, 5.41) is 17.0. The van der Waals surface area contributed by atoms with Crippen molar-refractivity contribution in [1.29, 1.82) is 5.26 Å². The molecule has 0 radical (unpaired) electrons. The summed E-state index contributed by atoms with van der Waals surface area (Å²) in [6.07, 6.45) is 8.93. The Morgan fingerprint density at radius 2 is 1.97 bits per heavy atom. The second-order valence-corrected chi connectivity index (χ2v) is 10.5. The molecule has 2 aliphatic heterocycles. The van der Waals surface area contributed by atoms with Gasteiger partial charge in [0, 0.05) is 17.5 Å². The molecule has 1 aromatic heterocycles. The normalized spacial score (nSPS) is 23.4. The molecule has 2 saturated heterocycles. The number of benzene rings is 1. The molecule has 3 N–H and O–H groups in total. The number of hydrogen-bond acceptors (Lipinski definition) is 6. The largest absolute Gasteiger partial charge is 0.380 e. The van der Waals surface area contributed by atoms with E-state index in [1.165, 1.54) is 25.7 Å². The molecular formula is C24H29ClN6O. The summed E-state index contributed by atoms with van der Waals surface area (Å²) < 4.78 is 5.42. The maximum absolute atomic E-state index is 9.61. The van der Waals surface area contributed by atoms with Crippen molar-refractivity contribution in [3.8, 4) is 6.07 Å². The van der Waals surface area contributed by atoms with Crippen LogP contribution >= 0.6 is 11.6 Å². The fourth-order valence-electron chi connectivity index (χ4n) is 5.53. The lowest BCUT2D eigenvalue weighted by atomic mass is 9.63. The van der Waals surface area contributed by atoms with E-state index in [1.807, 2.05) is 12.1 Å². The Morgan fingerprint density at radius 1 is 1.19 bits per heavy atom. The highest BCUT2D eigenvalue weighted by Gasteiger charge is 2.51. The number of anilines is 3. The summed E-state index contributed by atoms with van der Waals surface area (Å²) in [6, 6.07) is 7.36. The standard InChI is InChI=1S/C24H29ClN6O/c25-22-19(16-3-5-31(6-4-16)18-9-24(10-18)13-32-14-24)7-15(11-26)8-20(22)29-23-27-12-21(30-23)28-17-1-2-17/h7-8,12,16-18,28H,1-6,9-10,13-14H2,(H2,27,29,30). The van der Waals surface area contributed by atoms with Gasteiger partial charge in [0.1, 0.15) is 5.82 Å². The van der Waals surface area contributed by atoms with Crippen molar-refractivity contribution in [3.05, 3.63) is 34.5 Å². The second kappa shape index (κ2) is 7.95. The zero-order chi connectivity index (χ0) is 21.7. The molecule has 0 atom stereocenters. The fourth-order valence-corrected chi connectivity index (χ4v) is 5.84. The van der Waals surface area contributed by atoms with E-state index in [2.05, 4.69) is 31.6 Å². The summed E-state index contributed by atoms with van der Waals surface area (Å²) in [5.41, 5.74) is 2.95. The van der Waals surface area contributed by atoms with Gasteiger partial charge in [-0.2, -0.15) is 5.26 Å². The molecule has 1 aromatic carbocycles. The Morgan fingerprint density at radius 3 is 2.62 bits per heavy atom. The molecule has 2 aliphatic carbocycles. The van der Waals surface area contributed by atoms with E-state index in [4.69, 9.17) is 16.3 Å². The highest BCUT2D eigenvalue weighted by Crippen LogP contribution is 2.50. The number of halogens is 1. The molecule has 1 spiro atoms. The van der Waals surface area contributed by atoms with Crippen LogP contribution in [0.3, 0.4) is 0 Å². The molecule has 168 valence electrons. The molecule has 0 amide bonds. The van der Waals surface area contributed by atoms with Gasteiger partial charge in [0.15, 0.2) is 0 Å². The van der Waals surface area contributed by atoms with Crippen LogP contribution < -0.4 is 10.6 Å². The number of nitrogens with one attached hydrogen (secondary N) is 3. The van der Waals surface area contributed by atoms with Crippen LogP contribution in [0.2, 0.25) is 5.02 Å². The topological polar surface area (TPSA) is 89.0 Å². The Balaban J connectivity index is 1.14. The molecular weight excluding hydrogens is 424 g/mol. The number of H-pyrrole nitrogens is 1. The number of rotatable bonds is 6. The minimum atomic E-state index is 0.373. The van der Waals surface area contributed by atoms with Crippen molar-refractivity contribution in [1.82, 2.24) is 14.9 Å². The van der Waals surface area contributed by atoms with E-state index in [0.717, 1.165) is 62.3 Å². The van der Waals surface area contributed by atoms with Crippen molar-refractivity contribution >= 4 is 29.1 Å². The maximum Gasteiger partial charge on any atom is 0.206 e. The first-order valence-electron chi connectivity index (χ1n) is 11.7. The van der Waals surface area contributed by atoms with Crippen LogP contribution in [0, 0.1) is 16.7 Å². The molecule has 8 heteroatoms. The van der Waals surface area contributed by atoms with Gasteiger partial charge in [-0.15, -0.1) is 0 Å². The first-order valence-corrected chi connectivity index (χ1v) is 12.1. The molecule has 3 heterocycles. The van der Waals surface area contributed by atoms with Gasteiger partial charge in [0.2, 0.25) is 5.95 Å². The lowest BCUT2D eigenvalue weighted by Crippen LogP contribution is -2.60. The van der Waals surface area contributed by atoms with Crippen molar-refractivity contribution in [2.75, 3.05) is 36.9 Å². The zero-order valence-electron chi connectivity index (χ0n) is 18.2. The second-order valence-electron chi connectivity index (χ2n) is 10.1. The minimum Gasteiger partial charge on any atom is -0.380 e. The number of nitrogens with zero attached hydrogens (tertiary/aromatic N) is 3. The predicted molar refractivity (Wildman–Crippen MR) is 125 cm³/mol. The van der Waals surface area contributed by atoms with Gasteiger partial charge in [0.05, 0.1) is 41.8 Å². The number of nitriles is 1. The van der Waals surface area contributed by atoms with E-state index in [1.54, 1.807) is 6.20 Å². The summed E-state index contributed by atoms with van der Waals surface area (Å²) in [7, 11) is 0. The van der Waals surface area contributed by atoms with Crippen LogP contribution in [0.4, 0.5) is 17.5 Å². The summed E-state index contributed by atoms with van der Waals surface area (Å²) in [4.78, 5) is 10.3. The third-order valence-electron chi connectivity index (χ3n) is 7.64. The molecule has 2 aromatic rings. The minimum absolute atomic E-state index is 0.373. The van der Waals surface area contributed by atoms with Gasteiger partial charge in [-0.25, -0.2) is 4.98 Å². The Hall–Kier alpha value is -2.27. The SMILES string of the molecule is N#Cc1cc(Nc2ncc(NC3CC3)[nH]2)c(Cl)c(C2CCN(C3CC4(COC4)C3)CC2)c1. The highest BCUT2D eigenvalue weighted by atomic mass is 35.5. The molecule has 6 rings (SSSR count). The fraction of sp³-hybridized carbons (Fsp3) is 0.583. The first kappa shape index (κ1) is 20.3. The van der Waals surface area contributed by atoms with Crippen LogP contribution in [-0.4, -0.2) is 53.3 Å². The van der Waals surface area contributed by atoms with Gasteiger partial charge in [0.25, 0.3) is 0 Å². The first-order chi connectivity index (χ1) is 15.6. The average molecular weight is 453 g/mol. The number of aromatic amines is 1. The number of likely N-dealkylation sites (tertiary alicyclic amines) is 1. The predicted octanol–water partition coefficient (Wildman–Crippen LogP) is 4.61. The van der Waals surface area contributed by atoms with Crippen molar-refractivity contribution < 1.29 is 4.74 Å². The lowest BCUT2D eigenvalue weighted by molar-refractivity contribution is -0.185. The summed E-state index contributed by atoms with van der Waals surface area (Å²) in [6.45, 7) is 4.10. The molecule has 2 saturated carbocycles. The van der Waals surface area contributed by atoms with E-state index in [9.17, 15) is 5.26 Å². The summed E-state index contributed by atoms with van der Waals surface area (Å²) >= 11 is 6.87. The van der Waals surface area contributed by atoms with E-state index >= 15 is 0 Å². The van der Waals surface area contributed by atoms with E-state index in [0.29, 0.717) is 33.9 Å². The third kappa shape index (κ3) is 3.85. The van der Waals surface area contributed by atoms with Crippen LogP contribution in [0.5, 0.6) is 0 Å². The van der Waals surface area contributed by atoms with Crippen LogP contribution in [0.25, 0.3) is 0 Å². The quantitative estimate of drug-likeness (QED) is 0.593. The van der Waals surface area contributed by atoms with Crippen molar-refractivity contribution in [2.24, 2.45) is 5.41 Å². The molecule has 32 heavy (non-hydrogen) atoms. The number of imidazole rings is 1. The van der Waals surface area contributed by atoms with Crippen LogP contribution in [0.15, 0.2) is 18.3 Å². The summed E-state index contributed by atoms with van der Waals surface area (Å²) in [5.74, 6) is 1.91. The van der Waals surface area contributed by atoms with Crippen molar-refractivity contribution in [3.63, 3.8) is 0 Å². The van der Waals surface area contributed by atoms with Crippen molar-refractivity contribution in [2.45, 2.75) is 56.5 Å². The number of aromatic nitrogens is 2. The molecule has 4 fully saturated rings. The van der Waals surface area contributed by atoms with Crippen LogP contribution in [0.1, 0.15) is 55.6 Å².